The van der Waals surface area contributed by atoms with Crippen molar-refractivity contribution in [1.29, 1.82) is 0 Å². The molecule has 0 unspecified atom stereocenters. The Morgan fingerprint density at radius 1 is 0.411 bits per heavy atom. The summed E-state index contributed by atoms with van der Waals surface area (Å²) in [6, 6.07) is 60.8. The Morgan fingerprint density at radius 2 is 0.857 bits per heavy atom. The van der Waals surface area contributed by atoms with Crippen molar-refractivity contribution >= 4 is 0 Å². The van der Waals surface area contributed by atoms with E-state index in [0.29, 0.717) is 68.2 Å². The van der Waals surface area contributed by atoms with Crippen LogP contribution < -0.4 is 23.7 Å². The second-order valence-electron chi connectivity index (χ2n) is 13.8. The molecule has 1 heterocycles. The Balaban J connectivity index is 1.13. The van der Waals surface area contributed by atoms with Crippen LogP contribution in [0, 0.1) is 0 Å². The van der Waals surface area contributed by atoms with Gasteiger partial charge in [-0.05, 0) is 45.5 Å². The van der Waals surface area contributed by atoms with E-state index >= 15 is 0 Å². The number of benzene rings is 7. The Morgan fingerprint density at radius 3 is 1.38 bits per heavy atom. The van der Waals surface area contributed by atoms with Gasteiger partial charge in [-0.1, -0.05) is 158 Å². The van der Waals surface area contributed by atoms with Gasteiger partial charge < -0.3 is 28.4 Å². The SMILES string of the molecule is c1ccc(COc2cc(OCc3ccccc3)c3c(c2)O[C@@H](c2ccc(OCc4ccccc4)c(OCc4ccccc4)c2)[C@@H](OCc2ccccc2)C3)cc1. The van der Waals surface area contributed by atoms with Crippen molar-refractivity contribution in [1.82, 2.24) is 0 Å². The van der Waals surface area contributed by atoms with E-state index in [1.54, 1.807) is 0 Å². The largest absolute Gasteiger partial charge is 0.489 e. The predicted molar refractivity (Wildman–Crippen MR) is 218 cm³/mol. The molecule has 6 heteroatoms. The minimum atomic E-state index is -0.472. The van der Waals surface area contributed by atoms with Crippen molar-refractivity contribution < 1.29 is 28.4 Å². The molecule has 6 nitrogen and oxygen atoms in total. The molecule has 1 aliphatic rings. The first-order valence-electron chi connectivity index (χ1n) is 19.0. The minimum absolute atomic E-state index is 0.351. The molecule has 2 atom stereocenters. The van der Waals surface area contributed by atoms with E-state index in [1.165, 1.54) is 0 Å². The lowest BCUT2D eigenvalue weighted by Gasteiger charge is -2.35. The number of fused-ring (bicyclic) bond motifs is 1. The zero-order chi connectivity index (χ0) is 37.8. The molecule has 1 aliphatic heterocycles. The Hall–Kier alpha value is -6.50. The van der Waals surface area contributed by atoms with Gasteiger partial charge in [-0.3, -0.25) is 0 Å². The molecule has 280 valence electrons. The molecule has 0 saturated heterocycles. The van der Waals surface area contributed by atoms with Crippen LogP contribution in [0.15, 0.2) is 182 Å². The van der Waals surface area contributed by atoms with Crippen LogP contribution in [-0.2, 0) is 44.2 Å². The number of hydrogen-bond donors (Lipinski definition) is 0. The van der Waals surface area contributed by atoms with E-state index in [1.807, 2.05) is 121 Å². The van der Waals surface area contributed by atoms with Crippen LogP contribution in [0.4, 0.5) is 0 Å². The van der Waals surface area contributed by atoms with Crippen molar-refractivity contribution in [2.75, 3.05) is 0 Å². The fourth-order valence-corrected chi connectivity index (χ4v) is 6.72. The maximum absolute atomic E-state index is 7.01. The highest BCUT2D eigenvalue weighted by Crippen LogP contribution is 2.45. The molecule has 0 spiro atoms. The second kappa shape index (κ2) is 18.2. The van der Waals surface area contributed by atoms with Gasteiger partial charge in [0.25, 0.3) is 0 Å². The van der Waals surface area contributed by atoms with Crippen molar-refractivity contribution in [3.63, 3.8) is 0 Å². The third-order valence-corrected chi connectivity index (χ3v) is 9.70. The van der Waals surface area contributed by atoms with Crippen molar-refractivity contribution in [2.24, 2.45) is 0 Å². The zero-order valence-electron chi connectivity index (χ0n) is 31.2. The number of hydrogen-bond acceptors (Lipinski definition) is 6. The maximum atomic E-state index is 7.01. The lowest BCUT2D eigenvalue weighted by Crippen LogP contribution is -2.33. The van der Waals surface area contributed by atoms with Gasteiger partial charge in [-0.25, -0.2) is 0 Å². The molecule has 0 radical (unpaired) electrons. The summed E-state index contributed by atoms with van der Waals surface area (Å²) in [5.74, 6) is 3.34. The summed E-state index contributed by atoms with van der Waals surface area (Å²) in [6.45, 7) is 2.04. The number of ether oxygens (including phenoxy) is 6. The van der Waals surface area contributed by atoms with E-state index in [9.17, 15) is 0 Å². The molecular weight excluding hydrogens is 697 g/mol. The third-order valence-electron chi connectivity index (χ3n) is 9.70. The zero-order valence-corrected chi connectivity index (χ0v) is 31.2. The molecule has 8 rings (SSSR count). The first-order valence-corrected chi connectivity index (χ1v) is 19.0. The molecule has 0 N–H and O–H groups in total. The van der Waals surface area contributed by atoms with Crippen LogP contribution in [0.2, 0.25) is 0 Å². The van der Waals surface area contributed by atoms with Crippen molar-refractivity contribution in [3.8, 4) is 28.7 Å². The van der Waals surface area contributed by atoms with Crippen LogP contribution >= 0.6 is 0 Å². The molecule has 0 amide bonds. The number of rotatable bonds is 16. The minimum Gasteiger partial charge on any atom is -0.489 e. The smallest absolute Gasteiger partial charge is 0.162 e. The fraction of sp³-hybridized carbons (Fsp3) is 0.160. The van der Waals surface area contributed by atoms with Crippen molar-refractivity contribution in [2.45, 2.75) is 51.7 Å². The molecule has 0 aliphatic carbocycles. The van der Waals surface area contributed by atoms with Crippen LogP contribution in [-0.4, -0.2) is 6.10 Å². The molecular formula is C50H44O6. The van der Waals surface area contributed by atoms with Gasteiger partial charge >= 0.3 is 0 Å². The van der Waals surface area contributed by atoms with Gasteiger partial charge in [0.05, 0.1) is 6.61 Å². The highest BCUT2D eigenvalue weighted by Gasteiger charge is 2.35. The summed E-state index contributed by atoms with van der Waals surface area (Å²) in [5.41, 5.74) is 7.20. The molecule has 7 aromatic rings. The van der Waals surface area contributed by atoms with Gasteiger partial charge in [-0.2, -0.15) is 0 Å². The standard InChI is InChI=1S/C50H44O6/c1-6-16-37(17-7-1)32-51-43-29-46(53-34-39-20-10-3-11-21-39)44-31-49(55-36-41-24-14-5-15-25-41)50(56-47(44)30-43)42-26-27-45(52-33-38-18-8-2-9-19-38)48(28-42)54-35-40-22-12-4-13-23-40/h1-30,49-50H,31-36H2/t49-,50-/m0/s1. The van der Waals surface area contributed by atoms with E-state index in [-0.39, 0.29) is 6.10 Å². The van der Waals surface area contributed by atoms with Gasteiger partial charge in [0, 0.05) is 24.1 Å². The lowest BCUT2D eigenvalue weighted by molar-refractivity contribution is -0.0468. The summed E-state index contributed by atoms with van der Waals surface area (Å²) in [5, 5.41) is 0. The summed E-state index contributed by atoms with van der Waals surface area (Å²) in [6.07, 6.45) is -0.265. The van der Waals surface area contributed by atoms with Gasteiger partial charge in [-0.15, -0.1) is 0 Å². The second-order valence-corrected chi connectivity index (χ2v) is 13.8. The average Bonchev–Trinajstić information content (AvgIpc) is 3.27. The topological polar surface area (TPSA) is 55.4 Å². The monoisotopic (exact) mass is 740 g/mol. The van der Waals surface area contributed by atoms with Gasteiger partial charge in [0.1, 0.15) is 49.8 Å². The van der Waals surface area contributed by atoms with Crippen molar-refractivity contribution in [3.05, 3.63) is 221 Å². The Labute approximate surface area is 328 Å². The molecule has 0 saturated carbocycles. The van der Waals surface area contributed by atoms with E-state index in [4.69, 9.17) is 28.4 Å². The van der Waals surface area contributed by atoms with E-state index in [0.717, 1.165) is 38.9 Å². The highest BCUT2D eigenvalue weighted by atomic mass is 16.5. The Bertz CT molecular complexity index is 2260. The first kappa shape index (κ1) is 36.5. The summed E-state index contributed by atoms with van der Waals surface area (Å²) in [4.78, 5) is 0. The molecule has 56 heavy (non-hydrogen) atoms. The predicted octanol–water partition coefficient (Wildman–Crippen LogP) is 11.3. The fourth-order valence-electron chi connectivity index (χ4n) is 6.72. The Kier molecular flexibility index (Phi) is 11.9. The third kappa shape index (κ3) is 9.59. The van der Waals surface area contributed by atoms with Crippen LogP contribution in [0.3, 0.4) is 0 Å². The first-order chi connectivity index (χ1) is 27.7. The molecule has 0 bridgehead atoms. The molecule has 0 aromatic heterocycles. The van der Waals surface area contributed by atoms with Crippen LogP contribution in [0.25, 0.3) is 0 Å². The summed E-state index contributed by atoms with van der Waals surface area (Å²) >= 11 is 0. The van der Waals surface area contributed by atoms with Gasteiger partial charge in [0.2, 0.25) is 0 Å². The summed E-state index contributed by atoms with van der Waals surface area (Å²) < 4.78 is 39.6. The van der Waals surface area contributed by atoms with Crippen LogP contribution in [0.1, 0.15) is 45.0 Å². The maximum Gasteiger partial charge on any atom is 0.162 e. The highest BCUT2D eigenvalue weighted by molar-refractivity contribution is 5.53. The lowest BCUT2D eigenvalue weighted by atomic mass is 9.93. The molecule has 0 fully saturated rings. The van der Waals surface area contributed by atoms with Gasteiger partial charge in [0.15, 0.2) is 17.6 Å². The van der Waals surface area contributed by atoms with E-state index in [2.05, 4.69) is 60.7 Å². The average molecular weight is 741 g/mol. The quantitative estimate of drug-likeness (QED) is 0.0983. The van der Waals surface area contributed by atoms with E-state index < -0.39 is 6.10 Å². The molecule has 7 aromatic carbocycles. The summed E-state index contributed by atoms with van der Waals surface area (Å²) in [7, 11) is 0. The normalized spacial score (nSPS) is 14.6. The van der Waals surface area contributed by atoms with Crippen LogP contribution in [0.5, 0.6) is 28.7 Å².